The van der Waals surface area contributed by atoms with E-state index in [0.717, 1.165) is 31.8 Å². The van der Waals surface area contributed by atoms with Gasteiger partial charge in [0.05, 0.1) is 5.71 Å². The molecular weight excluding hydrogens is 382 g/mol. The molecule has 0 radical (unpaired) electrons. The van der Waals surface area contributed by atoms with Crippen LogP contribution >= 0.6 is 0 Å². The zero-order valence-electron chi connectivity index (χ0n) is 17.6. The molecule has 0 bridgehead atoms. The molecule has 0 aromatic heterocycles. The van der Waals surface area contributed by atoms with Gasteiger partial charge in [-0.25, -0.2) is 9.37 Å². The van der Waals surface area contributed by atoms with Gasteiger partial charge < -0.3 is 0 Å². The summed E-state index contributed by atoms with van der Waals surface area (Å²) in [5.41, 5.74) is 3.74. The molecular formula is C21H26N7O2+. The molecule has 9 nitrogen and oxygen atoms in total. The third kappa shape index (κ3) is 2.92. The molecule has 4 aliphatic heterocycles. The number of hydrogen-bond acceptors (Lipinski definition) is 6. The maximum Gasteiger partial charge on any atom is 0.416 e. The van der Waals surface area contributed by atoms with Crippen molar-refractivity contribution in [3.63, 3.8) is 0 Å². The highest BCUT2D eigenvalue weighted by atomic mass is 16.2. The molecule has 1 aromatic rings. The number of nitrogens with zero attached hydrogens (tertiary/aromatic N) is 7. The Balaban J connectivity index is 1.36. The quantitative estimate of drug-likeness (QED) is 0.679. The molecule has 3 amide bonds. The normalized spacial score (nSPS) is 24.0. The van der Waals surface area contributed by atoms with Gasteiger partial charge in [0, 0.05) is 33.7 Å². The number of imide groups is 1. The number of carbonyl (C=O) groups is 2. The lowest BCUT2D eigenvalue weighted by atomic mass is 10.00. The number of rotatable bonds is 3. The molecule has 0 N–H and O–H groups in total. The van der Waals surface area contributed by atoms with E-state index < -0.39 is 6.04 Å². The molecule has 1 saturated heterocycles. The van der Waals surface area contributed by atoms with Crippen LogP contribution in [0, 0.1) is 0 Å². The van der Waals surface area contributed by atoms with Crippen molar-refractivity contribution in [1.82, 2.24) is 19.7 Å². The predicted molar refractivity (Wildman–Crippen MR) is 113 cm³/mol. The summed E-state index contributed by atoms with van der Waals surface area (Å²) >= 11 is 0. The van der Waals surface area contributed by atoms with Gasteiger partial charge in [-0.15, -0.1) is 10.1 Å². The Morgan fingerprint density at radius 3 is 2.67 bits per heavy atom. The fraction of sp³-hybridized carbons (Fsp3) is 0.476. The van der Waals surface area contributed by atoms with Gasteiger partial charge in [-0.05, 0) is 24.5 Å². The van der Waals surface area contributed by atoms with Gasteiger partial charge in [0.1, 0.15) is 13.1 Å². The van der Waals surface area contributed by atoms with E-state index in [0.29, 0.717) is 24.9 Å². The number of benzene rings is 1. The SMILES string of the molecule is CC1=NN(CCN2CCc3ccccc3C2)C2=[N+](C1)C1C(=O)N(C)C(=O)N(C)C1=N2. The van der Waals surface area contributed by atoms with Crippen LogP contribution in [0.1, 0.15) is 18.1 Å². The van der Waals surface area contributed by atoms with Crippen LogP contribution in [0.2, 0.25) is 0 Å². The van der Waals surface area contributed by atoms with Gasteiger partial charge in [0.15, 0.2) is 0 Å². The summed E-state index contributed by atoms with van der Waals surface area (Å²) in [6.07, 6.45) is 1.05. The number of likely N-dealkylation sites (N-methyl/N-ethyl adjacent to an activating group) is 2. The van der Waals surface area contributed by atoms with Crippen LogP contribution < -0.4 is 0 Å². The molecule has 30 heavy (non-hydrogen) atoms. The summed E-state index contributed by atoms with van der Waals surface area (Å²) in [5, 5.41) is 6.59. The third-order valence-corrected chi connectivity index (χ3v) is 6.27. The van der Waals surface area contributed by atoms with Crippen LogP contribution in [0.25, 0.3) is 0 Å². The Morgan fingerprint density at radius 2 is 1.87 bits per heavy atom. The second kappa shape index (κ2) is 7.02. The standard InChI is InChI=1S/C21H26N7O2/c1-14-12-27-17-18(24(2)21(30)25(3)19(17)29)22-20(27)28(23-14)11-10-26-9-8-15-6-4-5-7-16(15)13-26/h4-7,17H,8-13H2,1-3H3/q+1. The minimum atomic E-state index is -0.567. The molecule has 156 valence electrons. The maximum absolute atomic E-state index is 12.8. The van der Waals surface area contributed by atoms with Crippen LogP contribution in [0.4, 0.5) is 4.79 Å². The smallest absolute Gasteiger partial charge is 0.295 e. The first-order chi connectivity index (χ1) is 14.4. The number of amides is 3. The second-order valence-electron chi connectivity index (χ2n) is 8.29. The van der Waals surface area contributed by atoms with Gasteiger partial charge in [0.25, 0.3) is 5.91 Å². The summed E-state index contributed by atoms with van der Waals surface area (Å²) in [4.78, 5) is 34.9. The van der Waals surface area contributed by atoms with Crippen LogP contribution in [0.3, 0.4) is 0 Å². The lowest BCUT2D eigenvalue weighted by Crippen LogP contribution is -2.62. The van der Waals surface area contributed by atoms with Gasteiger partial charge in [0.2, 0.25) is 11.9 Å². The van der Waals surface area contributed by atoms with Gasteiger partial charge >= 0.3 is 12.0 Å². The lowest BCUT2D eigenvalue weighted by molar-refractivity contribution is -0.527. The topological polar surface area (TPSA) is 74.8 Å². The number of guanidine groups is 1. The average molecular weight is 408 g/mol. The second-order valence-corrected chi connectivity index (χ2v) is 8.29. The van der Waals surface area contributed by atoms with Crippen molar-refractivity contribution in [3.8, 4) is 0 Å². The fourth-order valence-electron chi connectivity index (χ4n) is 4.61. The van der Waals surface area contributed by atoms with E-state index in [1.165, 1.54) is 28.0 Å². The van der Waals surface area contributed by atoms with Crippen molar-refractivity contribution >= 4 is 29.4 Å². The van der Waals surface area contributed by atoms with Crippen molar-refractivity contribution in [2.75, 3.05) is 40.3 Å². The molecule has 9 heteroatoms. The van der Waals surface area contributed by atoms with Crippen LogP contribution in [0.5, 0.6) is 0 Å². The summed E-state index contributed by atoms with van der Waals surface area (Å²) < 4.78 is 1.96. The first-order valence-corrected chi connectivity index (χ1v) is 10.3. The van der Waals surface area contributed by atoms with Crippen molar-refractivity contribution in [3.05, 3.63) is 35.4 Å². The Kier molecular flexibility index (Phi) is 4.43. The van der Waals surface area contributed by atoms with Crippen molar-refractivity contribution < 1.29 is 14.2 Å². The van der Waals surface area contributed by atoms with Gasteiger partial charge in [-0.2, -0.15) is 0 Å². The number of hydrazone groups is 1. The average Bonchev–Trinajstić information content (AvgIpc) is 3.14. The van der Waals surface area contributed by atoms with Crippen molar-refractivity contribution in [1.29, 1.82) is 0 Å². The number of fused-ring (bicyclic) bond motifs is 3. The first-order valence-electron chi connectivity index (χ1n) is 10.3. The number of aliphatic imine (C=N–C) groups is 1. The minimum absolute atomic E-state index is 0.242. The third-order valence-electron chi connectivity index (χ3n) is 6.27. The maximum atomic E-state index is 12.8. The first kappa shape index (κ1) is 18.9. The van der Waals surface area contributed by atoms with E-state index in [9.17, 15) is 9.59 Å². The van der Waals surface area contributed by atoms with Crippen molar-refractivity contribution in [2.45, 2.75) is 25.9 Å². The van der Waals surface area contributed by atoms with Gasteiger partial charge in [-0.3, -0.25) is 19.5 Å². The number of hydrogen-bond donors (Lipinski definition) is 0. The lowest BCUT2D eigenvalue weighted by Gasteiger charge is -2.32. The van der Waals surface area contributed by atoms with Crippen molar-refractivity contribution in [2.24, 2.45) is 10.1 Å². The van der Waals surface area contributed by atoms with E-state index in [1.807, 2.05) is 16.5 Å². The molecule has 5 rings (SSSR count). The Hall–Kier alpha value is -3.07. The van der Waals surface area contributed by atoms with Crippen LogP contribution in [-0.4, -0.2) is 100 Å². The number of carbonyl (C=O) groups excluding carboxylic acids is 2. The molecule has 4 aliphatic rings. The predicted octanol–water partition coefficient (Wildman–Crippen LogP) is 0.409. The van der Waals surface area contributed by atoms with E-state index >= 15 is 0 Å². The monoisotopic (exact) mass is 408 g/mol. The summed E-state index contributed by atoms with van der Waals surface area (Å²) in [5.74, 6) is 0.898. The highest BCUT2D eigenvalue weighted by molar-refractivity contribution is 6.23. The summed E-state index contributed by atoms with van der Waals surface area (Å²) in [6, 6.07) is 7.68. The van der Waals surface area contributed by atoms with E-state index in [2.05, 4.69) is 34.2 Å². The molecule has 0 saturated carbocycles. The van der Waals surface area contributed by atoms with Crippen LogP contribution in [-0.2, 0) is 17.8 Å². The zero-order chi connectivity index (χ0) is 21.0. The number of urea groups is 1. The fourth-order valence-corrected chi connectivity index (χ4v) is 4.61. The molecule has 1 atom stereocenters. The molecule has 4 heterocycles. The van der Waals surface area contributed by atoms with E-state index in [-0.39, 0.29) is 11.9 Å². The summed E-state index contributed by atoms with van der Waals surface area (Å²) in [7, 11) is 3.19. The summed E-state index contributed by atoms with van der Waals surface area (Å²) in [6.45, 7) is 5.97. The van der Waals surface area contributed by atoms with E-state index in [1.54, 1.807) is 7.05 Å². The number of amidine groups is 1. The Morgan fingerprint density at radius 1 is 1.10 bits per heavy atom. The molecule has 1 unspecified atom stereocenters. The largest absolute Gasteiger partial charge is 0.416 e. The van der Waals surface area contributed by atoms with Gasteiger partial charge in [-0.1, -0.05) is 29.3 Å². The molecule has 0 aliphatic carbocycles. The minimum Gasteiger partial charge on any atom is -0.295 e. The van der Waals surface area contributed by atoms with E-state index in [4.69, 9.17) is 5.10 Å². The molecule has 0 spiro atoms. The zero-order valence-corrected chi connectivity index (χ0v) is 17.6. The van der Waals surface area contributed by atoms with Crippen LogP contribution in [0.15, 0.2) is 34.4 Å². The Bertz CT molecular complexity index is 1030. The molecule has 1 fully saturated rings. The highest BCUT2D eigenvalue weighted by Crippen LogP contribution is 2.23. The Labute approximate surface area is 175 Å². The highest BCUT2D eigenvalue weighted by Gasteiger charge is 2.53. The molecule has 1 aromatic carbocycles.